The van der Waals surface area contributed by atoms with E-state index in [2.05, 4.69) is 29.4 Å². The Kier molecular flexibility index (Phi) is 3.36. The van der Waals surface area contributed by atoms with Gasteiger partial charge < -0.3 is 10.5 Å². The average molecular weight is 291 g/mol. The molecule has 0 saturated carbocycles. The Hall–Kier alpha value is -2.02. The number of halogens is 1. The third-order valence-electron chi connectivity index (χ3n) is 3.76. The average Bonchev–Trinajstić information content (AvgIpc) is 2.90. The fourth-order valence-corrected chi connectivity index (χ4v) is 2.72. The van der Waals surface area contributed by atoms with E-state index in [1.54, 1.807) is 16.8 Å². The molecule has 1 saturated heterocycles. The van der Waals surface area contributed by atoms with Crippen LogP contribution in [0.25, 0.3) is 11.4 Å². The lowest BCUT2D eigenvalue weighted by molar-refractivity contribution is -0.0707. The Labute approximate surface area is 122 Å². The first-order valence-corrected chi connectivity index (χ1v) is 6.93. The molecule has 2 N–H and O–H groups in total. The summed E-state index contributed by atoms with van der Waals surface area (Å²) in [5.74, 6) is 0.161. The molecule has 112 valence electrons. The Morgan fingerprint density at radius 2 is 2.24 bits per heavy atom. The topological polar surface area (TPSA) is 78.9 Å². The Morgan fingerprint density at radius 1 is 1.43 bits per heavy atom. The summed E-state index contributed by atoms with van der Waals surface area (Å²) in [7, 11) is 0. The van der Waals surface area contributed by atoms with Crippen molar-refractivity contribution in [1.82, 2.24) is 20.2 Å². The van der Waals surface area contributed by atoms with Crippen LogP contribution in [-0.4, -0.2) is 32.4 Å². The highest BCUT2D eigenvalue weighted by Crippen LogP contribution is 2.33. The van der Waals surface area contributed by atoms with Gasteiger partial charge in [0.05, 0.1) is 17.3 Å². The van der Waals surface area contributed by atoms with Gasteiger partial charge in [-0.25, -0.2) is 9.07 Å². The molecule has 0 amide bonds. The Morgan fingerprint density at radius 3 is 2.95 bits per heavy atom. The zero-order valence-electron chi connectivity index (χ0n) is 12.1. The van der Waals surface area contributed by atoms with Gasteiger partial charge in [-0.3, -0.25) is 0 Å². The number of hydrogen-bond acceptors (Lipinski definition) is 5. The molecule has 1 aliphatic heterocycles. The first kappa shape index (κ1) is 13.9. The van der Waals surface area contributed by atoms with E-state index in [1.807, 2.05) is 0 Å². The number of ether oxygens (including phenoxy) is 1. The van der Waals surface area contributed by atoms with Crippen LogP contribution in [0.15, 0.2) is 18.2 Å². The maximum Gasteiger partial charge on any atom is 0.182 e. The van der Waals surface area contributed by atoms with Gasteiger partial charge in [0.15, 0.2) is 5.82 Å². The Bertz CT molecular complexity index is 655. The smallest absolute Gasteiger partial charge is 0.182 e. The second kappa shape index (κ2) is 5.07. The molecule has 0 radical (unpaired) electrons. The van der Waals surface area contributed by atoms with Gasteiger partial charge in [-0.05, 0) is 55.3 Å². The minimum absolute atomic E-state index is 0.0920. The van der Waals surface area contributed by atoms with Crippen LogP contribution >= 0.6 is 0 Å². The van der Waals surface area contributed by atoms with Gasteiger partial charge in [-0.15, -0.1) is 5.10 Å². The molecule has 1 atom stereocenters. The van der Waals surface area contributed by atoms with Crippen molar-refractivity contribution in [2.24, 2.45) is 0 Å². The van der Waals surface area contributed by atoms with Gasteiger partial charge >= 0.3 is 0 Å². The van der Waals surface area contributed by atoms with Gasteiger partial charge in [0.1, 0.15) is 5.82 Å². The molecule has 1 aliphatic rings. The highest BCUT2D eigenvalue weighted by Gasteiger charge is 2.32. The van der Waals surface area contributed by atoms with E-state index in [0.717, 1.165) is 12.8 Å². The lowest BCUT2D eigenvalue weighted by Crippen LogP contribution is -2.35. The maximum atomic E-state index is 13.3. The fraction of sp³-hybridized carbons (Fsp3) is 0.500. The molecule has 3 rings (SSSR count). The monoisotopic (exact) mass is 291 g/mol. The van der Waals surface area contributed by atoms with E-state index in [9.17, 15) is 4.39 Å². The van der Waals surface area contributed by atoms with Gasteiger partial charge in [0.2, 0.25) is 0 Å². The van der Waals surface area contributed by atoms with E-state index in [-0.39, 0.29) is 17.3 Å². The van der Waals surface area contributed by atoms with Gasteiger partial charge in [0.25, 0.3) is 0 Å². The van der Waals surface area contributed by atoms with Crippen LogP contribution in [0.5, 0.6) is 0 Å². The molecular formula is C14H18FN5O. The number of nitrogens with two attached hydrogens (primary N) is 1. The van der Waals surface area contributed by atoms with E-state index < -0.39 is 5.82 Å². The number of hydrogen-bond donors (Lipinski definition) is 1. The standard InChI is InChI=1S/C14H18FN5O/c1-14(2)8-10(5-6-21-14)20-13(17-18-19-20)9-3-4-11(15)12(16)7-9/h3-4,7,10H,5-6,8,16H2,1-2H3. The van der Waals surface area contributed by atoms with E-state index in [4.69, 9.17) is 10.5 Å². The molecule has 2 aromatic rings. The fourth-order valence-electron chi connectivity index (χ4n) is 2.72. The van der Waals surface area contributed by atoms with Crippen LogP contribution in [0, 0.1) is 5.82 Å². The Balaban J connectivity index is 1.95. The van der Waals surface area contributed by atoms with Crippen molar-refractivity contribution < 1.29 is 9.13 Å². The van der Waals surface area contributed by atoms with Crippen molar-refractivity contribution in [2.45, 2.75) is 38.3 Å². The molecule has 0 bridgehead atoms. The summed E-state index contributed by atoms with van der Waals surface area (Å²) in [6, 6.07) is 4.68. The van der Waals surface area contributed by atoms with Crippen molar-refractivity contribution >= 4 is 5.69 Å². The van der Waals surface area contributed by atoms with Crippen LogP contribution in [0.3, 0.4) is 0 Å². The summed E-state index contributed by atoms with van der Waals surface area (Å²) in [4.78, 5) is 0. The third-order valence-corrected chi connectivity index (χ3v) is 3.76. The molecule has 2 heterocycles. The molecular weight excluding hydrogens is 273 g/mol. The maximum absolute atomic E-state index is 13.3. The minimum atomic E-state index is -0.440. The van der Waals surface area contributed by atoms with Gasteiger partial charge in [-0.2, -0.15) is 0 Å². The summed E-state index contributed by atoms with van der Waals surface area (Å²) in [6.45, 7) is 4.78. The van der Waals surface area contributed by atoms with Crippen molar-refractivity contribution in [2.75, 3.05) is 12.3 Å². The zero-order chi connectivity index (χ0) is 15.0. The van der Waals surface area contributed by atoms with Crippen molar-refractivity contribution in [3.63, 3.8) is 0 Å². The highest BCUT2D eigenvalue weighted by atomic mass is 19.1. The molecule has 1 unspecified atom stereocenters. The van der Waals surface area contributed by atoms with E-state index in [1.165, 1.54) is 6.07 Å². The SMILES string of the molecule is CC1(C)CC(n2nnnc2-c2ccc(F)c(N)c2)CCO1. The first-order valence-electron chi connectivity index (χ1n) is 6.93. The molecule has 7 heteroatoms. The number of benzene rings is 1. The molecule has 1 aromatic carbocycles. The molecule has 21 heavy (non-hydrogen) atoms. The quantitative estimate of drug-likeness (QED) is 0.858. The van der Waals surface area contributed by atoms with Crippen LogP contribution in [-0.2, 0) is 4.74 Å². The summed E-state index contributed by atoms with van der Waals surface area (Å²) < 4.78 is 20.8. The summed E-state index contributed by atoms with van der Waals surface area (Å²) in [5, 5.41) is 11.9. The number of aromatic nitrogens is 4. The predicted molar refractivity (Wildman–Crippen MR) is 75.9 cm³/mol. The number of anilines is 1. The van der Waals surface area contributed by atoms with E-state index in [0.29, 0.717) is 18.0 Å². The largest absolute Gasteiger partial charge is 0.396 e. The summed E-state index contributed by atoms with van der Waals surface area (Å²) >= 11 is 0. The highest BCUT2D eigenvalue weighted by molar-refractivity contribution is 5.61. The summed E-state index contributed by atoms with van der Waals surface area (Å²) in [5.41, 5.74) is 6.23. The number of rotatable bonds is 2. The second-order valence-corrected chi connectivity index (χ2v) is 5.94. The molecule has 1 aromatic heterocycles. The van der Waals surface area contributed by atoms with Crippen molar-refractivity contribution in [3.8, 4) is 11.4 Å². The normalized spacial score (nSPS) is 21.4. The molecule has 0 spiro atoms. The van der Waals surface area contributed by atoms with E-state index >= 15 is 0 Å². The van der Waals surface area contributed by atoms with Crippen LogP contribution in [0.1, 0.15) is 32.7 Å². The van der Waals surface area contributed by atoms with Crippen molar-refractivity contribution in [1.29, 1.82) is 0 Å². The molecule has 6 nitrogen and oxygen atoms in total. The molecule has 0 aliphatic carbocycles. The molecule has 1 fully saturated rings. The predicted octanol–water partition coefficient (Wildman–Crippen LogP) is 2.19. The lowest BCUT2D eigenvalue weighted by Gasteiger charge is -2.35. The van der Waals surface area contributed by atoms with Crippen LogP contribution in [0.2, 0.25) is 0 Å². The minimum Gasteiger partial charge on any atom is -0.396 e. The van der Waals surface area contributed by atoms with Gasteiger partial charge in [-0.1, -0.05) is 0 Å². The number of tetrazole rings is 1. The van der Waals surface area contributed by atoms with Crippen LogP contribution in [0.4, 0.5) is 10.1 Å². The third kappa shape index (κ3) is 2.73. The second-order valence-electron chi connectivity index (χ2n) is 5.94. The number of nitrogen functional groups attached to an aromatic ring is 1. The lowest BCUT2D eigenvalue weighted by atomic mass is 9.94. The van der Waals surface area contributed by atoms with Crippen LogP contribution < -0.4 is 5.73 Å². The van der Waals surface area contributed by atoms with Crippen molar-refractivity contribution in [3.05, 3.63) is 24.0 Å². The van der Waals surface area contributed by atoms with Gasteiger partial charge in [0, 0.05) is 12.2 Å². The summed E-state index contributed by atoms with van der Waals surface area (Å²) in [6.07, 6.45) is 1.67. The number of nitrogens with zero attached hydrogens (tertiary/aromatic N) is 4. The first-order chi connectivity index (χ1) is 9.96. The zero-order valence-corrected chi connectivity index (χ0v) is 12.1.